The van der Waals surface area contributed by atoms with Crippen molar-refractivity contribution < 1.29 is 0 Å². The van der Waals surface area contributed by atoms with Crippen LogP contribution in [0.4, 0.5) is 5.82 Å². The highest BCUT2D eigenvalue weighted by atomic mass is 15.6. The topological polar surface area (TPSA) is 86.3 Å². The Morgan fingerprint density at radius 3 is 2.79 bits per heavy atom. The molecule has 0 saturated heterocycles. The zero-order chi connectivity index (χ0) is 9.97. The van der Waals surface area contributed by atoms with E-state index in [1.54, 1.807) is 25.0 Å². The molecular formula is C6H10N8. The third-order valence-electron chi connectivity index (χ3n) is 1.69. The van der Waals surface area contributed by atoms with E-state index in [-0.39, 0.29) is 0 Å². The minimum atomic E-state index is 0.509. The first kappa shape index (κ1) is 8.60. The lowest BCUT2D eigenvalue weighted by Gasteiger charge is -2.00. The Bertz CT molecular complexity index is 415. The number of anilines is 1. The van der Waals surface area contributed by atoms with E-state index in [2.05, 4.69) is 31.0 Å². The number of nitrogens with one attached hydrogen (secondary N) is 1. The van der Waals surface area contributed by atoms with Crippen LogP contribution in [0.25, 0.3) is 0 Å². The van der Waals surface area contributed by atoms with E-state index in [9.17, 15) is 0 Å². The Kier molecular flexibility index (Phi) is 2.09. The Balaban J connectivity index is 1.98. The molecule has 1 N–H and O–H groups in total. The van der Waals surface area contributed by atoms with Crippen LogP contribution in [-0.4, -0.2) is 35.2 Å². The fourth-order valence-electron chi connectivity index (χ4n) is 1.01. The summed E-state index contributed by atoms with van der Waals surface area (Å²) >= 11 is 0. The van der Waals surface area contributed by atoms with E-state index < -0.39 is 0 Å². The van der Waals surface area contributed by atoms with E-state index in [1.807, 2.05) is 0 Å². The molecule has 0 unspecified atom stereocenters. The average Bonchev–Trinajstić information content (AvgIpc) is 2.72. The molecule has 0 aliphatic heterocycles. The van der Waals surface area contributed by atoms with Gasteiger partial charge in [0.15, 0.2) is 5.82 Å². The van der Waals surface area contributed by atoms with Gasteiger partial charge in [-0.3, -0.25) is 0 Å². The molecule has 0 aliphatic rings. The molecule has 0 saturated carbocycles. The molecule has 2 rings (SSSR count). The second kappa shape index (κ2) is 3.40. The van der Waals surface area contributed by atoms with Crippen LogP contribution in [0.1, 0.15) is 5.82 Å². The van der Waals surface area contributed by atoms with Crippen molar-refractivity contribution in [3.63, 3.8) is 0 Å². The van der Waals surface area contributed by atoms with Crippen molar-refractivity contribution in [2.45, 2.75) is 6.54 Å². The zero-order valence-electron chi connectivity index (χ0n) is 7.91. The van der Waals surface area contributed by atoms with Crippen molar-refractivity contribution in [2.24, 2.45) is 14.1 Å². The summed E-state index contributed by atoms with van der Waals surface area (Å²) in [4.78, 5) is 1.42. The first-order valence-electron chi connectivity index (χ1n) is 4.07. The summed E-state index contributed by atoms with van der Waals surface area (Å²) in [6, 6.07) is 0. The third-order valence-corrected chi connectivity index (χ3v) is 1.69. The Morgan fingerprint density at radius 2 is 2.21 bits per heavy atom. The molecule has 0 aromatic carbocycles. The number of aromatic nitrogens is 7. The summed E-state index contributed by atoms with van der Waals surface area (Å²) in [6.07, 6.45) is 1.64. The Labute approximate surface area is 79.9 Å². The predicted octanol–water partition coefficient (Wildman–Crippen LogP) is -1.05. The van der Waals surface area contributed by atoms with Gasteiger partial charge < -0.3 is 5.32 Å². The highest BCUT2D eigenvalue weighted by Gasteiger charge is 2.02. The minimum Gasteiger partial charge on any atom is -0.362 e. The minimum absolute atomic E-state index is 0.509. The molecular weight excluding hydrogens is 184 g/mol. The van der Waals surface area contributed by atoms with Crippen LogP contribution < -0.4 is 5.32 Å². The standard InChI is InChI=1S/C6H10N8/c1-13-6(4-8-11-13)7-3-5-9-12-14(2)10-5/h4,7H,3H2,1-2H3. The van der Waals surface area contributed by atoms with Crippen molar-refractivity contribution in [1.82, 2.24) is 35.2 Å². The van der Waals surface area contributed by atoms with Crippen LogP contribution in [0.3, 0.4) is 0 Å². The van der Waals surface area contributed by atoms with Crippen LogP contribution >= 0.6 is 0 Å². The number of rotatable bonds is 3. The number of nitrogens with zero attached hydrogens (tertiary/aromatic N) is 7. The van der Waals surface area contributed by atoms with Crippen LogP contribution in [0.15, 0.2) is 6.20 Å². The summed E-state index contributed by atoms with van der Waals surface area (Å²) in [7, 11) is 3.53. The van der Waals surface area contributed by atoms with E-state index in [4.69, 9.17) is 0 Å². The largest absolute Gasteiger partial charge is 0.362 e. The average molecular weight is 194 g/mol. The van der Waals surface area contributed by atoms with Gasteiger partial charge in [-0.05, 0) is 5.21 Å². The van der Waals surface area contributed by atoms with Gasteiger partial charge in [-0.25, -0.2) is 4.68 Å². The molecule has 0 bridgehead atoms. The maximum atomic E-state index is 4.02. The molecule has 0 atom stereocenters. The highest BCUT2D eigenvalue weighted by molar-refractivity contribution is 5.30. The van der Waals surface area contributed by atoms with Crippen molar-refractivity contribution >= 4 is 5.82 Å². The monoisotopic (exact) mass is 194 g/mol. The van der Waals surface area contributed by atoms with Crippen LogP contribution in [0.5, 0.6) is 0 Å². The van der Waals surface area contributed by atoms with Crippen molar-refractivity contribution in [3.05, 3.63) is 12.0 Å². The molecule has 8 heteroatoms. The number of tetrazole rings is 1. The Hall–Kier alpha value is -1.99. The van der Waals surface area contributed by atoms with Gasteiger partial charge in [0, 0.05) is 7.05 Å². The lowest BCUT2D eigenvalue weighted by molar-refractivity contribution is 0.628. The highest BCUT2D eigenvalue weighted by Crippen LogP contribution is 2.01. The maximum Gasteiger partial charge on any atom is 0.193 e. The number of hydrogen-bond donors (Lipinski definition) is 1. The molecule has 2 heterocycles. The van der Waals surface area contributed by atoms with E-state index in [1.165, 1.54) is 4.80 Å². The van der Waals surface area contributed by atoms with Gasteiger partial charge in [0.25, 0.3) is 0 Å². The lowest BCUT2D eigenvalue weighted by atomic mass is 10.6. The zero-order valence-corrected chi connectivity index (χ0v) is 7.91. The van der Waals surface area contributed by atoms with Crippen molar-refractivity contribution in [3.8, 4) is 0 Å². The molecule has 0 radical (unpaired) electrons. The smallest absolute Gasteiger partial charge is 0.193 e. The summed E-state index contributed by atoms with van der Waals surface area (Å²) in [5.74, 6) is 1.45. The van der Waals surface area contributed by atoms with E-state index >= 15 is 0 Å². The van der Waals surface area contributed by atoms with Gasteiger partial charge in [-0.1, -0.05) is 5.21 Å². The van der Waals surface area contributed by atoms with Gasteiger partial charge >= 0.3 is 0 Å². The number of aryl methyl sites for hydroxylation is 2. The van der Waals surface area contributed by atoms with Gasteiger partial charge in [0.05, 0.1) is 19.8 Å². The quantitative estimate of drug-likeness (QED) is 0.671. The molecule has 0 amide bonds. The van der Waals surface area contributed by atoms with Crippen LogP contribution in [0, 0.1) is 0 Å². The molecule has 0 aliphatic carbocycles. The second-order valence-corrected chi connectivity index (χ2v) is 2.79. The third kappa shape index (κ3) is 1.68. The van der Waals surface area contributed by atoms with Crippen LogP contribution in [-0.2, 0) is 20.6 Å². The Morgan fingerprint density at radius 1 is 1.36 bits per heavy atom. The summed E-state index contributed by atoms with van der Waals surface area (Å²) in [5.41, 5.74) is 0. The fourth-order valence-corrected chi connectivity index (χ4v) is 1.01. The molecule has 2 aromatic rings. The van der Waals surface area contributed by atoms with E-state index in [0.29, 0.717) is 12.4 Å². The summed E-state index contributed by atoms with van der Waals surface area (Å²) in [6.45, 7) is 0.509. The van der Waals surface area contributed by atoms with Crippen molar-refractivity contribution in [1.29, 1.82) is 0 Å². The normalized spacial score (nSPS) is 10.4. The first-order chi connectivity index (χ1) is 6.75. The molecule has 8 nitrogen and oxygen atoms in total. The maximum absolute atomic E-state index is 4.02. The summed E-state index contributed by atoms with van der Waals surface area (Å²) < 4.78 is 1.64. The molecule has 74 valence electrons. The van der Waals surface area contributed by atoms with Gasteiger partial charge in [0.2, 0.25) is 0 Å². The summed E-state index contributed by atoms with van der Waals surface area (Å²) in [5, 5.41) is 22.2. The van der Waals surface area contributed by atoms with Gasteiger partial charge in [-0.2, -0.15) is 4.80 Å². The van der Waals surface area contributed by atoms with E-state index in [0.717, 1.165) is 5.82 Å². The molecule has 0 fully saturated rings. The fraction of sp³-hybridized carbons (Fsp3) is 0.500. The first-order valence-corrected chi connectivity index (χ1v) is 4.07. The molecule has 2 aromatic heterocycles. The number of hydrogen-bond acceptors (Lipinski definition) is 6. The predicted molar refractivity (Wildman–Crippen MR) is 47.1 cm³/mol. The molecule has 0 spiro atoms. The van der Waals surface area contributed by atoms with Gasteiger partial charge in [-0.15, -0.1) is 15.3 Å². The second-order valence-electron chi connectivity index (χ2n) is 2.79. The van der Waals surface area contributed by atoms with Gasteiger partial charge in [0.1, 0.15) is 5.82 Å². The lowest BCUT2D eigenvalue weighted by Crippen LogP contribution is -2.06. The van der Waals surface area contributed by atoms with Crippen LogP contribution in [0.2, 0.25) is 0 Å². The molecule has 14 heavy (non-hydrogen) atoms. The van der Waals surface area contributed by atoms with Crippen molar-refractivity contribution in [2.75, 3.05) is 5.32 Å². The SMILES string of the molecule is Cn1nnc(CNc2cnnn2C)n1.